The lowest BCUT2D eigenvalue weighted by molar-refractivity contribution is 0.0935. The average Bonchev–Trinajstić information content (AvgIpc) is 2.15. The van der Waals surface area contributed by atoms with Crippen LogP contribution in [0.25, 0.3) is 0 Å². The summed E-state index contributed by atoms with van der Waals surface area (Å²) >= 11 is 0. The van der Waals surface area contributed by atoms with Crippen LogP contribution < -0.4 is 5.32 Å². The quantitative estimate of drug-likeness (QED) is 0.792. The Morgan fingerprint density at radius 1 is 1.25 bits per heavy atom. The summed E-state index contributed by atoms with van der Waals surface area (Å²) in [5.74, 6) is 0.160. The van der Waals surface area contributed by atoms with Gasteiger partial charge in [-0.05, 0) is 40.2 Å². The van der Waals surface area contributed by atoms with Crippen molar-refractivity contribution in [3.63, 3.8) is 0 Å². The summed E-state index contributed by atoms with van der Waals surface area (Å²) in [5.41, 5.74) is 1.81. The van der Waals surface area contributed by atoms with Crippen molar-refractivity contribution in [3.05, 3.63) is 35.4 Å². The predicted molar refractivity (Wildman–Crippen MR) is 67.9 cm³/mol. The smallest absolute Gasteiger partial charge is 0.179 e. The van der Waals surface area contributed by atoms with Crippen LogP contribution in [0.4, 0.5) is 0 Å². The first kappa shape index (κ1) is 12.9. The molecule has 1 aromatic carbocycles. The molecular formula is C14H21NO. The van der Waals surface area contributed by atoms with Crippen LogP contribution in [0.3, 0.4) is 0 Å². The van der Waals surface area contributed by atoms with Crippen LogP contribution in [0.1, 0.15) is 43.6 Å². The molecule has 0 fully saturated rings. The Hall–Kier alpha value is -1.15. The lowest BCUT2D eigenvalue weighted by atomic mass is 9.98. The van der Waals surface area contributed by atoms with E-state index in [1.807, 2.05) is 38.1 Å². The first-order valence-electron chi connectivity index (χ1n) is 5.69. The van der Waals surface area contributed by atoms with Gasteiger partial charge in [0.2, 0.25) is 0 Å². The second kappa shape index (κ2) is 4.79. The Morgan fingerprint density at radius 3 is 2.31 bits per heavy atom. The van der Waals surface area contributed by atoms with Crippen molar-refractivity contribution in [2.45, 2.75) is 46.2 Å². The Kier molecular flexibility index (Phi) is 3.87. The molecule has 1 atom stereocenters. The lowest BCUT2D eigenvalue weighted by Gasteiger charge is -2.25. The fraction of sp³-hybridized carbons (Fsp3) is 0.500. The van der Waals surface area contributed by atoms with E-state index >= 15 is 0 Å². The second-order valence-electron chi connectivity index (χ2n) is 5.30. The number of carbonyl (C=O) groups is 1. The zero-order valence-electron chi connectivity index (χ0n) is 10.8. The third kappa shape index (κ3) is 3.46. The van der Waals surface area contributed by atoms with Gasteiger partial charge in [0, 0.05) is 11.1 Å². The number of ketones is 1. The minimum atomic E-state index is -0.152. The van der Waals surface area contributed by atoms with Crippen LogP contribution in [-0.2, 0) is 0 Å². The summed E-state index contributed by atoms with van der Waals surface area (Å²) in [4.78, 5) is 12.2. The van der Waals surface area contributed by atoms with E-state index in [0.29, 0.717) is 0 Å². The van der Waals surface area contributed by atoms with E-state index in [2.05, 4.69) is 26.1 Å². The number of benzene rings is 1. The normalized spacial score (nSPS) is 13.6. The van der Waals surface area contributed by atoms with Crippen molar-refractivity contribution >= 4 is 5.78 Å². The highest BCUT2D eigenvalue weighted by Gasteiger charge is 2.21. The van der Waals surface area contributed by atoms with Crippen LogP contribution in [0, 0.1) is 6.92 Å². The van der Waals surface area contributed by atoms with Crippen LogP contribution in [0.15, 0.2) is 24.3 Å². The maximum Gasteiger partial charge on any atom is 0.179 e. The third-order valence-corrected chi connectivity index (χ3v) is 2.45. The van der Waals surface area contributed by atoms with Crippen molar-refractivity contribution in [1.82, 2.24) is 5.32 Å². The molecule has 0 spiro atoms. The van der Waals surface area contributed by atoms with Gasteiger partial charge in [0.15, 0.2) is 5.78 Å². The summed E-state index contributed by atoms with van der Waals surface area (Å²) in [6, 6.07) is 7.56. The summed E-state index contributed by atoms with van der Waals surface area (Å²) < 4.78 is 0. The van der Waals surface area contributed by atoms with Crippen LogP contribution in [0.5, 0.6) is 0 Å². The third-order valence-electron chi connectivity index (χ3n) is 2.45. The maximum absolute atomic E-state index is 12.2. The van der Waals surface area contributed by atoms with E-state index in [1.165, 1.54) is 0 Å². The van der Waals surface area contributed by atoms with Crippen molar-refractivity contribution in [2.24, 2.45) is 0 Å². The molecule has 1 aromatic rings. The molecule has 16 heavy (non-hydrogen) atoms. The molecule has 2 heteroatoms. The molecule has 0 heterocycles. The average molecular weight is 219 g/mol. The topological polar surface area (TPSA) is 29.1 Å². The molecule has 0 saturated carbocycles. The molecule has 0 aliphatic heterocycles. The Labute approximate surface area is 98.1 Å². The molecule has 1 rings (SSSR count). The molecule has 88 valence electrons. The van der Waals surface area contributed by atoms with E-state index in [1.54, 1.807) is 0 Å². The molecule has 0 aliphatic carbocycles. The van der Waals surface area contributed by atoms with Crippen LogP contribution >= 0.6 is 0 Å². The van der Waals surface area contributed by atoms with Gasteiger partial charge in [-0.25, -0.2) is 0 Å². The van der Waals surface area contributed by atoms with Gasteiger partial charge in [0.1, 0.15) is 0 Å². The van der Waals surface area contributed by atoms with Crippen molar-refractivity contribution in [2.75, 3.05) is 0 Å². The summed E-state index contributed by atoms with van der Waals surface area (Å²) in [6.07, 6.45) is 0. The van der Waals surface area contributed by atoms with Crippen LogP contribution in [-0.4, -0.2) is 17.4 Å². The van der Waals surface area contributed by atoms with Gasteiger partial charge >= 0.3 is 0 Å². The molecular weight excluding hydrogens is 198 g/mol. The zero-order valence-corrected chi connectivity index (χ0v) is 10.8. The summed E-state index contributed by atoms with van der Waals surface area (Å²) in [5, 5.41) is 3.30. The molecule has 0 amide bonds. The van der Waals surface area contributed by atoms with E-state index in [-0.39, 0.29) is 17.4 Å². The van der Waals surface area contributed by atoms with Gasteiger partial charge in [0.25, 0.3) is 0 Å². The van der Waals surface area contributed by atoms with Gasteiger partial charge < -0.3 is 5.32 Å². The molecule has 1 unspecified atom stereocenters. The monoisotopic (exact) mass is 219 g/mol. The lowest BCUT2D eigenvalue weighted by Crippen LogP contribution is -2.46. The SMILES string of the molecule is Cc1ccccc1C(=O)C(C)NC(C)(C)C. The fourth-order valence-corrected chi connectivity index (χ4v) is 1.80. The number of nitrogens with one attached hydrogen (secondary N) is 1. The van der Waals surface area contributed by atoms with Crippen LogP contribution in [0.2, 0.25) is 0 Å². The van der Waals surface area contributed by atoms with Gasteiger partial charge in [-0.3, -0.25) is 4.79 Å². The highest BCUT2D eigenvalue weighted by molar-refractivity contribution is 6.01. The molecule has 0 radical (unpaired) electrons. The van der Waals surface area contributed by atoms with Gasteiger partial charge in [-0.15, -0.1) is 0 Å². The summed E-state index contributed by atoms with van der Waals surface area (Å²) in [6.45, 7) is 10.1. The Balaban J connectivity index is 2.83. The fourth-order valence-electron chi connectivity index (χ4n) is 1.80. The molecule has 0 saturated heterocycles. The second-order valence-corrected chi connectivity index (χ2v) is 5.30. The number of carbonyl (C=O) groups excluding carboxylic acids is 1. The molecule has 0 bridgehead atoms. The largest absolute Gasteiger partial charge is 0.303 e. The van der Waals surface area contributed by atoms with E-state index < -0.39 is 0 Å². The van der Waals surface area contributed by atoms with Gasteiger partial charge in [0.05, 0.1) is 6.04 Å². The van der Waals surface area contributed by atoms with E-state index in [9.17, 15) is 4.79 Å². The van der Waals surface area contributed by atoms with Gasteiger partial charge in [-0.2, -0.15) is 0 Å². The number of rotatable bonds is 3. The molecule has 1 N–H and O–H groups in total. The van der Waals surface area contributed by atoms with E-state index in [0.717, 1.165) is 11.1 Å². The Bertz CT molecular complexity index is 377. The van der Waals surface area contributed by atoms with Crippen molar-refractivity contribution < 1.29 is 4.79 Å². The standard InChI is InChI=1S/C14H21NO/c1-10-8-6-7-9-12(10)13(16)11(2)15-14(3,4)5/h6-9,11,15H,1-5H3. The number of aryl methyl sites for hydroxylation is 1. The minimum Gasteiger partial charge on any atom is -0.303 e. The zero-order chi connectivity index (χ0) is 12.3. The van der Waals surface area contributed by atoms with Crippen molar-refractivity contribution in [1.29, 1.82) is 0 Å². The van der Waals surface area contributed by atoms with E-state index in [4.69, 9.17) is 0 Å². The minimum absolute atomic E-state index is 0.0439. The van der Waals surface area contributed by atoms with Crippen molar-refractivity contribution in [3.8, 4) is 0 Å². The van der Waals surface area contributed by atoms with Gasteiger partial charge in [-0.1, -0.05) is 24.3 Å². The first-order chi connectivity index (χ1) is 7.31. The summed E-state index contributed by atoms with van der Waals surface area (Å²) in [7, 11) is 0. The maximum atomic E-state index is 12.2. The molecule has 2 nitrogen and oxygen atoms in total. The molecule has 0 aromatic heterocycles. The number of Topliss-reactive ketones (excluding diaryl/α,β-unsaturated/α-hetero) is 1. The number of hydrogen-bond donors (Lipinski definition) is 1. The number of hydrogen-bond acceptors (Lipinski definition) is 2. The predicted octanol–water partition coefficient (Wildman–Crippen LogP) is 2.95. The highest BCUT2D eigenvalue weighted by Crippen LogP contribution is 2.11. The highest BCUT2D eigenvalue weighted by atomic mass is 16.1. The Morgan fingerprint density at radius 2 is 1.81 bits per heavy atom. The first-order valence-corrected chi connectivity index (χ1v) is 5.69. The molecule has 0 aliphatic rings.